The van der Waals surface area contributed by atoms with Crippen molar-refractivity contribution < 1.29 is 14.6 Å². The summed E-state index contributed by atoms with van der Waals surface area (Å²) in [4.78, 5) is 11.6. The molecule has 3 nitrogen and oxygen atoms in total. The molecule has 2 atom stereocenters. The second-order valence-corrected chi connectivity index (χ2v) is 4.82. The molecule has 0 bridgehead atoms. The summed E-state index contributed by atoms with van der Waals surface area (Å²) in [7, 11) is 0. The molecule has 0 aromatic heterocycles. The summed E-state index contributed by atoms with van der Waals surface area (Å²) >= 11 is 0. The first-order valence-electron chi connectivity index (χ1n) is 6.40. The van der Waals surface area contributed by atoms with Crippen LogP contribution in [0.1, 0.15) is 19.4 Å². The highest BCUT2D eigenvalue weighted by atomic mass is 16.5. The van der Waals surface area contributed by atoms with Gasteiger partial charge in [-0.25, -0.2) is 0 Å². The molecule has 0 aliphatic heterocycles. The van der Waals surface area contributed by atoms with Crippen LogP contribution in [-0.4, -0.2) is 17.2 Å². The number of hydrogen-bond acceptors (Lipinski definition) is 3. The van der Waals surface area contributed by atoms with Crippen LogP contribution >= 0.6 is 0 Å². The first kappa shape index (κ1) is 13.6. The Morgan fingerprint density at radius 1 is 1.16 bits per heavy atom. The van der Waals surface area contributed by atoms with Gasteiger partial charge in [0.25, 0.3) is 0 Å². The highest BCUT2D eigenvalue weighted by Gasteiger charge is 2.19. The van der Waals surface area contributed by atoms with Gasteiger partial charge in [0.15, 0.2) is 0 Å². The highest BCUT2D eigenvalue weighted by Crippen LogP contribution is 2.16. The lowest BCUT2D eigenvalue weighted by molar-refractivity contribution is -0.152. The smallest absolute Gasteiger partial charge is 0.311 e. The summed E-state index contributed by atoms with van der Waals surface area (Å²) in [6.07, 6.45) is -0.691. The zero-order chi connectivity index (χ0) is 13.8. The minimum Gasteiger partial charge on any atom is -0.461 e. The molecule has 0 amide bonds. The molecule has 0 saturated carbocycles. The van der Waals surface area contributed by atoms with E-state index >= 15 is 0 Å². The molecule has 0 fully saturated rings. The van der Waals surface area contributed by atoms with Gasteiger partial charge >= 0.3 is 5.97 Å². The minimum absolute atomic E-state index is 0.237. The third-order valence-corrected chi connectivity index (χ3v) is 3.29. The van der Waals surface area contributed by atoms with Crippen LogP contribution in [0.25, 0.3) is 10.8 Å². The fourth-order valence-electron chi connectivity index (χ4n) is 1.81. The Hall–Kier alpha value is -1.87. The fourth-order valence-corrected chi connectivity index (χ4v) is 1.81. The van der Waals surface area contributed by atoms with Crippen molar-refractivity contribution >= 4 is 16.7 Å². The predicted molar refractivity (Wildman–Crippen MR) is 74.6 cm³/mol. The van der Waals surface area contributed by atoms with Crippen molar-refractivity contribution in [1.29, 1.82) is 0 Å². The van der Waals surface area contributed by atoms with Gasteiger partial charge in [-0.3, -0.25) is 4.79 Å². The Morgan fingerprint density at radius 3 is 2.53 bits per heavy atom. The summed E-state index contributed by atoms with van der Waals surface area (Å²) in [6, 6.07) is 14.0. The number of carbonyl (C=O) groups is 1. The predicted octanol–water partition coefficient (Wildman–Crippen LogP) is 2.90. The van der Waals surface area contributed by atoms with Crippen molar-refractivity contribution in [2.75, 3.05) is 0 Å². The van der Waals surface area contributed by atoms with E-state index < -0.39 is 12.0 Å². The van der Waals surface area contributed by atoms with Crippen molar-refractivity contribution in [3.8, 4) is 0 Å². The quantitative estimate of drug-likeness (QED) is 0.858. The van der Waals surface area contributed by atoms with E-state index in [1.807, 2.05) is 42.5 Å². The van der Waals surface area contributed by atoms with Crippen LogP contribution in [0, 0.1) is 5.92 Å². The van der Waals surface area contributed by atoms with E-state index in [2.05, 4.69) is 0 Å². The normalized spacial score (nSPS) is 14.1. The average molecular weight is 258 g/mol. The van der Waals surface area contributed by atoms with Crippen molar-refractivity contribution in [2.45, 2.75) is 26.6 Å². The summed E-state index contributed by atoms with van der Waals surface area (Å²) < 4.78 is 5.20. The van der Waals surface area contributed by atoms with E-state index in [-0.39, 0.29) is 12.6 Å². The van der Waals surface area contributed by atoms with Crippen molar-refractivity contribution in [3.63, 3.8) is 0 Å². The van der Waals surface area contributed by atoms with E-state index in [0.717, 1.165) is 16.3 Å². The van der Waals surface area contributed by atoms with Gasteiger partial charge in [-0.1, -0.05) is 36.4 Å². The van der Waals surface area contributed by atoms with Crippen molar-refractivity contribution in [1.82, 2.24) is 0 Å². The van der Waals surface area contributed by atoms with Crippen LogP contribution in [0.5, 0.6) is 0 Å². The van der Waals surface area contributed by atoms with Gasteiger partial charge in [-0.2, -0.15) is 0 Å². The Balaban J connectivity index is 2.04. The van der Waals surface area contributed by atoms with Crippen molar-refractivity contribution in [3.05, 3.63) is 48.0 Å². The molecule has 2 rings (SSSR count). The molecule has 3 heteroatoms. The van der Waals surface area contributed by atoms with Crippen LogP contribution in [0.4, 0.5) is 0 Å². The summed E-state index contributed by atoms with van der Waals surface area (Å²) in [5, 5.41) is 11.6. The number of rotatable bonds is 4. The van der Waals surface area contributed by atoms with Crippen LogP contribution in [0.2, 0.25) is 0 Å². The zero-order valence-corrected chi connectivity index (χ0v) is 11.2. The molecule has 2 aromatic rings. The van der Waals surface area contributed by atoms with E-state index in [1.54, 1.807) is 13.8 Å². The lowest BCUT2D eigenvalue weighted by Crippen LogP contribution is -2.24. The van der Waals surface area contributed by atoms with Crippen LogP contribution < -0.4 is 0 Å². The number of benzene rings is 2. The Bertz CT molecular complexity index is 575. The minimum atomic E-state index is -0.691. The zero-order valence-electron chi connectivity index (χ0n) is 11.2. The lowest BCUT2D eigenvalue weighted by atomic mass is 10.1. The molecular weight excluding hydrogens is 240 g/mol. The molecule has 0 heterocycles. The van der Waals surface area contributed by atoms with Gasteiger partial charge < -0.3 is 9.84 Å². The second kappa shape index (κ2) is 5.85. The monoisotopic (exact) mass is 258 g/mol. The van der Waals surface area contributed by atoms with Gasteiger partial charge in [0.2, 0.25) is 0 Å². The fraction of sp³-hybridized carbons (Fsp3) is 0.312. The van der Waals surface area contributed by atoms with E-state index in [4.69, 9.17) is 4.74 Å². The molecule has 0 radical (unpaired) electrons. The number of hydrogen-bond donors (Lipinski definition) is 1. The maximum atomic E-state index is 11.6. The molecule has 0 aliphatic carbocycles. The Morgan fingerprint density at radius 2 is 1.84 bits per heavy atom. The van der Waals surface area contributed by atoms with Crippen LogP contribution in [0.3, 0.4) is 0 Å². The van der Waals surface area contributed by atoms with Gasteiger partial charge in [-0.05, 0) is 36.2 Å². The van der Waals surface area contributed by atoms with E-state index in [0.29, 0.717) is 0 Å². The third kappa shape index (κ3) is 3.32. The first-order valence-corrected chi connectivity index (χ1v) is 6.40. The molecular formula is C16H18O3. The van der Waals surface area contributed by atoms with Crippen LogP contribution in [-0.2, 0) is 16.1 Å². The largest absolute Gasteiger partial charge is 0.461 e. The maximum Gasteiger partial charge on any atom is 0.311 e. The highest BCUT2D eigenvalue weighted by molar-refractivity contribution is 5.83. The number of fused-ring (bicyclic) bond motifs is 1. The Kier molecular flexibility index (Phi) is 4.17. The van der Waals surface area contributed by atoms with Gasteiger partial charge in [-0.15, -0.1) is 0 Å². The summed E-state index contributed by atoms with van der Waals surface area (Å²) in [6.45, 7) is 3.48. The van der Waals surface area contributed by atoms with Gasteiger partial charge in [0, 0.05) is 0 Å². The first-order chi connectivity index (χ1) is 9.08. The maximum absolute atomic E-state index is 11.6. The lowest BCUT2D eigenvalue weighted by Gasteiger charge is -2.13. The number of aliphatic hydroxyl groups excluding tert-OH is 1. The van der Waals surface area contributed by atoms with Gasteiger partial charge in [0.05, 0.1) is 12.0 Å². The average Bonchev–Trinajstić information content (AvgIpc) is 2.43. The molecule has 2 aromatic carbocycles. The summed E-state index contributed by atoms with van der Waals surface area (Å²) in [5.41, 5.74) is 0.949. The molecule has 0 aliphatic rings. The third-order valence-electron chi connectivity index (χ3n) is 3.29. The number of ether oxygens (including phenoxy) is 1. The molecule has 0 unspecified atom stereocenters. The number of carbonyl (C=O) groups excluding carboxylic acids is 1. The van der Waals surface area contributed by atoms with Crippen molar-refractivity contribution in [2.24, 2.45) is 5.92 Å². The Labute approximate surface area is 112 Å². The van der Waals surface area contributed by atoms with E-state index in [1.165, 1.54) is 0 Å². The van der Waals surface area contributed by atoms with Gasteiger partial charge in [0.1, 0.15) is 6.61 Å². The molecule has 0 saturated heterocycles. The SMILES string of the molecule is C[C@H](O)[C@H](C)C(=O)OCc1ccc2ccccc2c1. The molecule has 19 heavy (non-hydrogen) atoms. The summed E-state index contributed by atoms with van der Waals surface area (Å²) in [5.74, 6) is -0.872. The molecule has 100 valence electrons. The van der Waals surface area contributed by atoms with Crippen LogP contribution in [0.15, 0.2) is 42.5 Å². The second-order valence-electron chi connectivity index (χ2n) is 4.82. The number of esters is 1. The molecule has 1 N–H and O–H groups in total. The number of aliphatic hydroxyl groups is 1. The topological polar surface area (TPSA) is 46.5 Å². The van der Waals surface area contributed by atoms with E-state index in [9.17, 15) is 9.90 Å². The molecule has 0 spiro atoms. The standard InChI is InChI=1S/C16H18O3/c1-11(12(2)17)16(18)19-10-13-7-8-14-5-3-4-6-15(14)9-13/h3-9,11-12,17H,10H2,1-2H3/t11-,12-/m0/s1.